The molecule has 0 saturated heterocycles. The van der Waals surface area contributed by atoms with Crippen LogP contribution in [0.5, 0.6) is 0 Å². The SMILES string of the molecule is O=C(O)[C@@H]1Cc2c([nH]c3cccc(Cl)c23)CN1. The highest BCUT2D eigenvalue weighted by Crippen LogP contribution is 2.31. The number of benzene rings is 1. The number of carbonyl (C=O) groups is 1. The van der Waals surface area contributed by atoms with Gasteiger partial charge in [0, 0.05) is 29.6 Å². The van der Waals surface area contributed by atoms with E-state index >= 15 is 0 Å². The van der Waals surface area contributed by atoms with Crippen molar-refractivity contribution in [1.82, 2.24) is 10.3 Å². The monoisotopic (exact) mass is 250 g/mol. The fourth-order valence-corrected chi connectivity index (χ4v) is 2.66. The largest absolute Gasteiger partial charge is 0.480 e. The zero-order chi connectivity index (χ0) is 12.0. The second-order valence-electron chi connectivity index (χ2n) is 4.22. The molecule has 1 aliphatic heterocycles. The molecule has 3 rings (SSSR count). The second-order valence-corrected chi connectivity index (χ2v) is 4.63. The van der Waals surface area contributed by atoms with Gasteiger partial charge in [-0.1, -0.05) is 17.7 Å². The molecule has 2 heterocycles. The Morgan fingerprint density at radius 2 is 2.29 bits per heavy atom. The fraction of sp³-hybridized carbons (Fsp3) is 0.250. The van der Waals surface area contributed by atoms with Gasteiger partial charge in [0.1, 0.15) is 6.04 Å². The number of carboxylic acids is 1. The molecule has 0 saturated carbocycles. The van der Waals surface area contributed by atoms with Crippen LogP contribution in [-0.4, -0.2) is 22.1 Å². The quantitative estimate of drug-likeness (QED) is 0.725. The number of rotatable bonds is 1. The minimum absolute atomic E-state index is 0.467. The molecule has 0 amide bonds. The van der Waals surface area contributed by atoms with Crippen LogP contribution in [0.1, 0.15) is 11.3 Å². The van der Waals surface area contributed by atoms with Crippen LogP contribution >= 0.6 is 11.6 Å². The maximum atomic E-state index is 11.0. The first-order valence-corrected chi connectivity index (χ1v) is 5.78. The van der Waals surface area contributed by atoms with E-state index < -0.39 is 12.0 Å². The Kier molecular flexibility index (Phi) is 2.34. The van der Waals surface area contributed by atoms with Crippen molar-refractivity contribution in [3.8, 4) is 0 Å². The van der Waals surface area contributed by atoms with E-state index in [1.54, 1.807) is 0 Å². The Morgan fingerprint density at radius 1 is 1.47 bits per heavy atom. The molecule has 5 heteroatoms. The Labute approximate surface area is 103 Å². The van der Waals surface area contributed by atoms with E-state index in [1.807, 2.05) is 18.2 Å². The summed E-state index contributed by atoms with van der Waals surface area (Å²) in [6, 6.07) is 5.14. The van der Waals surface area contributed by atoms with E-state index in [4.69, 9.17) is 16.7 Å². The lowest BCUT2D eigenvalue weighted by atomic mass is 9.99. The van der Waals surface area contributed by atoms with Gasteiger partial charge in [0.05, 0.1) is 5.02 Å². The van der Waals surface area contributed by atoms with Crippen LogP contribution in [0.25, 0.3) is 10.9 Å². The van der Waals surface area contributed by atoms with Gasteiger partial charge in [-0.2, -0.15) is 0 Å². The van der Waals surface area contributed by atoms with Crippen molar-refractivity contribution in [3.05, 3.63) is 34.5 Å². The fourth-order valence-electron chi connectivity index (χ4n) is 2.38. The molecule has 1 aromatic heterocycles. The molecule has 0 radical (unpaired) electrons. The van der Waals surface area contributed by atoms with Crippen molar-refractivity contribution in [3.63, 3.8) is 0 Å². The first-order chi connectivity index (χ1) is 8.16. The van der Waals surface area contributed by atoms with E-state index in [0.717, 1.165) is 22.2 Å². The first kappa shape index (κ1) is 10.6. The molecule has 88 valence electrons. The van der Waals surface area contributed by atoms with Crippen molar-refractivity contribution in [2.75, 3.05) is 0 Å². The van der Waals surface area contributed by atoms with E-state index in [1.165, 1.54) is 0 Å². The molecule has 0 fully saturated rings. The molecule has 17 heavy (non-hydrogen) atoms. The van der Waals surface area contributed by atoms with E-state index in [2.05, 4.69) is 10.3 Å². The Hall–Kier alpha value is -1.52. The van der Waals surface area contributed by atoms with Gasteiger partial charge in [0.25, 0.3) is 0 Å². The molecule has 3 N–H and O–H groups in total. The van der Waals surface area contributed by atoms with E-state index in [9.17, 15) is 4.79 Å². The molecule has 1 aromatic carbocycles. The molecule has 1 aliphatic rings. The summed E-state index contributed by atoms with van der Waals surface area (Å²) in [6.07, 6.45) is 0.467. The standard InChI is InChI=1S/C12H11ClN2O2/c13-7-2-1-3-8-11(7)6-4-9(12(16)17)14-5-10(6)15-8/h1-3,9,14-15H,4-5H2,(H,16,17)/t9-/m0/s1. The van der Waals surface area contributed by atoms with Gasteiger partial charge < -0.3 is 10.1 Å². The zero-order valence-corrected chi connectivity index (χ0v) is 9.71. The summed E-state index contributed by atoms with van der Waals surface area (Å²) in [5, 5.41) is 13.6. The number of aromatic nitrogens is 1. The van der Waals surface area contributed by atoms with Crippen LogP contribution in [0, 0.1) is 0 Å². The zero-order valence-electron chi connectivity index (χ0n) is 8.96. The average molecular weight is 251 g/mol. The Balaban J connectivity index is 2.17. The number of nitrogens with one attached hydrogen (secondary N) is 2. The van der Waals surface area contributed by atoms with E-state index in [0.29, 0.717) is 18.0 Å². The number of aliphatic carboxylic acids is 1. The second kappa shape index (κ2) is 3.75. The summed E-state index contributed by atoms with van der Waals surface area (Å²) in [5.74, 6) is -0.822. The number of hydrogen-bond donors (Lipinski definition) is 3. The van der Waals surface area contributed by atoms with Crippen LogP contribution in [0.2, 0.25) is 5.02 Å². The lowest BCUT2D eigenvalue weighted by Gasteiger charge is -2.20. The molecule has 0 aliphatic carbocycles. The van der Waals surface area contributed by atoms with Crippen molar-refractivity contribution >= 4 is 28.5 Å². The van der Waals surface area contributed by atoms with Gasteiger partial charge in [0.2, 0.25) is 0 Å². The summed E-state index contributed by atoms with van der Waals surface area (Å²) < 4.78 is 0. The predicted molar refractivity (Wildman–Crippen MR) is 65.3 cm³/mol. The number of fused-ring (bicyclic) bond motifs is 3. The normalized spacial score (nSPS) is 19.2. The molecule has 1 atom stereocenters. The number of halogens is 1. The molecule has 0 spiro atoms. The summed E-state index contributed by atoms with van der Waals surface area (Å²) >= 11 is 6.17. The minimum atomic E-state index is -0.822. The number of carboxylic acid groups (broad SMARTS) is 1. The van der Waals surface area contributed by atoms with Crippen LogP contribution in [0.15, 0.2) is 18.2 Å². The molecule has 2 aromatic rings. The van der Waals surface area contributed by atoms with Gasteiger partial charge in [-0.15, -0.1) is 0 Å². The predicted octanol–water partition coefficient (Wildman–Crippen LogP) is 1.92. The highest BCUT2D eigenvalue weighted by Gasteiger charge is 2.27. The Bertz CT molecular complexity index is 606. The molecule has 0 unspecified atom stereocenters. The third-order valence-corrected chi connectivity index (χ3v) is 3.51. The number of hydrogen-bond acceptors (Lipinski definition) is 2. The lowest BCUT2D eigenvalue weighted by molar-refractivity contribution is -0.139. The number of aromatic amines is 1. The van der Waals surface area contributed by atoms with Crippen molar-refractivity contribution < 1.29 is 9.90 Å². The minimum Gasteiger partial charge on any atom is -0.480 e. The van der Waals surface area contributed by atoms with Crippen LogP contribution in [0.3, 0.4) is 0 Å². The average Bonchev–Trinajstić information content (AvgIpc) is 2.67. The number of H-pyrrole nitrogens is 1. The van der Waals surface area contributed by atoms with E-state index in [-0.39, 0.29) is 0 Å². The van der Waals surface area contributed by atoms with Gasteiger partial charge in [-0.05, 0) is 17.7 Å². The molecular weight excluding hydrogens is 240 g/mol. The van der Waals surface area contributed by atoms with Crippen LogP contribution in [-0.2, 0) is 17.8 Å². The molecule has 4 nitrogen and oxygen atoms in total. The summed E-state index contributed by atoms with van der Waals surface area (Å²) in [4.78, 5) is 14.3. The van der Waals surface area contributed by atoms with Crippen molar-refractivity contribution in [2.24, 2.45) is 0 Å². The first-order valence-electron chi connectivity index (χ1n) is 5.41. The maximum Gasteiger partial charge on any atom is 0.321 e. The summed E-state index contributed by atoms with van der Waals surface area (Å²) in [6.45, 7) is 0.539. The third kappa shape index (κ3) is 1.61. The summed E-state index contributed by atoms with van der Waals surface area (Å²) in [7, 11) is 0. The van der Waals surface area contributed by atoms with Gasteiger partial charge >= 0.3 is 5.97 Å². The van der Waals surface area contributed by atoms with Gasteiger partial charge in [-0.3, -0.25) is 10.1 Å². The van der Waals surface area contributed by atoms with Crippen LogP contribution < -0.4 is 5.32 Å². The van der Waals surface area contributed by atoms with Crippen molar-refractivity contribution in [2.45, 2.75) is 19.0 Å². The third-order valence-electron chi connectivity index (χ3n) is 3.20. The highest BCUT2D eigenvalue weighted by molar-refractivity contribution is 6.35. The van der Waals surface area contributed by atoms with Gasteiger partial charge in [0.15, 0.2) is 0 Å². The van der Waals surface area contributed by atoms with Crippen LogP contribution in [0.4, 0.5) is 0 Å². The molecular formula is C12H11ClN2O2. The smallest absolute Gasteiger partial charge is 0.321 e. The maximum absolute atomic E-state index is 11.0. The molecule has 0 bridgehead atoms. The Morgan fingerprint density at radius 3 is 3.06 bits per heavy atom. The van der Waals surface area contributed by atoms with Gasteiger partial charge in [-0.25, -0.2) is 0 Å². The topological polar surface area (TPSA) is 65.1 Å². The summed E-state index contributed by atoms with van der Waals surface area (Å²) in [5.41, 5.74) is 3.03. The lowest BCUT2D eigenvalue weighted by Crippen LogP contribution is -2.41. The highest BCUT2D eigenvalue weighted by atomic mass is 35.5. The van der Waals surface area contributed by atoms with Crippen molar-refractivity contribution in [1.29, 1.82) is 0 Å².